The van der Waals surface area contributed by atoms with Crippen LogP contribution in [0, 0.1) is 6.92 Å². The fourth-order valence-electron chi connectivity index (χ4n) is 1.41. The third-order valence-electron chi connectivity index (χ3n) is 2.25. The van der Waals surface area contributed by atoms with Gasteiger partial charge in [0, 0.05) is 16.3 Å². The molecule has 3 aromatic rings. The zero-order chi connectivity index (χ0) is 13.2. The Kier molecular flexibility index (Phi) is 3.36. The average Bonchev–Trinajstić information content (AvgIpc) is 3.08. The molecule has 1 amide bonds. The number of amides is 1. The first-order chi connectivity index (χ1) is 9.22. The smallest absolute Gasteiger partial charge is 0.276 e. The number of nitrogens with zero attached hydrogens (tertiary/aromatic N) is 3. The molecule has 96 valence electrons. The summed E-state index contributed by atoms with van der Waals surface area (Å²) in [6.45, 7) is 1.84. The summed E-state index contributed by atoms with van der Waals surface area (Å²) in [5.74, 6) is -0.256. The van der Waals surface area contributed by atoms with Crippen molar-refractivity contribution in [2.45, 2.75) is 6.92 Å². The van der Waals surface area contributed by atoms with Crippen LogP contribution in [0.4, 0.5) is 5.13 Å². The van der Waals surface area contributed by atoms with Crippen LogP contribution in [0.2, 0.25) is 0 Å². The standard InChI is InChI=1S/C11H8N4OS3/c1-6-14-15-11(19-6)13-9(16)8-5-18-10(12-8)7-2-3-17-4-7/h2-5H,1H3,(H,13,15,16). The Labute approximate surface area is 121 Å². The molecule has 3 aromatic heterocycles. The monoisotopic (exact) mass is 308 g/mol. The molecule has 1 N–H and O–H groups in total. The van der Waals surface area contributed by atoms with Crippen molar-refractivity contribution in [3.63, 3.8) is 0 Å². The first kappa shape index (κ1) is 12.4. The number of carbonyl (C=O) groups is 1. The molecule has 0 saturated heterocycles. The van der Waals surface area contributed by atoms with Crippen molar-refractivity contribution in [3.05, 3.63) is 32.9 Å². The largest absolute Gasteiger partial charge is 0.295 e. The number of anilines is 1. The van der Waals surface area contributed by atoms with Gasteiger partial charge in [-0.1, -0.05) is 11.3 Å². The zero-order valence-corrected chi connectivity index (χ0v) is 12.2. The fourth-order valence-corrected chi connectivity index (χ4v) is 3.50. The summed E-state index contributed by atoms with van der Waals surface area (Å²) < 4.78 is 0. The van der Waals surface area contributed by atoms with Crippen molar-refractivity contribution in [2.75, 3.05) is 5.32 Å². The molecule has 0 fully saturated rings. The minimum absolute atomic E-state index is 0.256. The molecule has 8 heteroatoms. The molecule has 5 nitrogen and oxygen atoms in total. The minimum atomic E-state index is -0.256. The number of aromatic nitrogens is 3. The number of thiazole rings is 1. The van der Waals surface area contributed by atoms with E-state index in [0.29, 0.717) is 10.8 Å². The van der Waals surface area contributed by atoms with Crippen LogP contribution in [-0.4, -0.2) is 21.1 Å². The summed E-state index contributed by atoms with van der Waals surface area (Å²) in [6.07, 6.45) is 0. The van der Waals surface area contributed by atoms with Crippen LogP contribution in [0.15, 0.2) is 22.2 Å². The van der Waals surface area contributed by atoms with Crippen molar-refractivity contribution in [1.82, 2.24) is 15.2 Å². The predicted octanol–water partition coefficient (Wildman–Crippen LogP) is 3.28. The highest BCUT2D eigenvalue weighted by Gasteiger charge is 2.13. The molecule has 0 aliphatic rings. The second kappa shape index (κ2) is 5.16. The first-order valence-electron chi connectivity index (χ1n) is 5.32. The van der Waals surface area contributed by atoms with Crippen molar-refractivity contribution < 1.29 is 4.79 Å². The van der Waals surface area contributed by atoms with E-state index in [1.807, 2.05) is 23.8 Å². The quantitative estimate of drug-likeness (QED) is 0.806. The van der Waals surface area contributed by atoms with E-state index < -0.39 is 0 Å². The lowest BCUT2D eigenvalue weighted by atomic mass is 10.3. The van der Waals surface area contributed by atoms with Crippen LogP contribution in [-0.2, 0) is 0 Å². The van der Waals surface area contributed by atoms with Crippen LogP contribution in [0.1, 0.15) is 15.5 Å². The maximum atomic E-state index is 12.0. The molecule has 0 spiro atoms. The number of hydrogen-bond acceptors (Lipinski definition) is 7. The third kappa shape index (κ3) is 2.70. The zero-order valence-electron chi connectivity index (χ0n) is 9.78. The van der Waals surface area contributed by atoms with E-state index in [1.165, 1.54) is 22.7 Å². The number of rotatable bonds is 3. The molecule has 0 aliphatic heterocycles. The van der Waals surface area contributed by atoms with Gasteiger partial charge in [-0.05, 0) is 18.4 Å². The fraction of sp³-hybridized carbons (Fsp3) is 0.0909. The summed E-state index contributed by atoms with van der Waals surface area (Å²) in [4.78, 5) is 16.3. The highest BCUT2D eigenvalue weighted by Crippen LogP contribution is 2.26. The summed E-state index contributed by atoms with van der Waals surface area (Å²) in [7, 11) is 0. The molecule has 0 atom stereocenters. The summed E-state index contributed by atoms with van der Waals surface area (Å²) in [6, 6.07) is 1.99. The Morgan fingerprint density at radius 2 is 2.21 bits per heavy atom. The molecule has 0 saturated carbocycles. The number of carbonyl (C=O) groups excluding carboxylic acids is 1. The molecule has 3 heterocycles. The number of aryl methyl sites for hydroxylation is 1. The number of thiophene rings is 1. The Balaban J connectivity index is 1.77. The molecule has 0 unspecified atom stereocenters. The lowest BCUT2D eigenvalue weighted by Gasteiger charge is -1.96. The molecular weight excluding hydrogens is 300 g/mol. The van der Waals surface area contributed by atoms with Gasteiger partial charge in [-0.15, -0.1) is 21.5 Å². The topological polar surface area (TPSA) is 67.8 Å². The SMILES string of the molecule is Cc1nnc(NC(=O)c2csc(-c3ccsc3)n2)s1. The highest BCUT2D eigenvalue weighted by molar-refractivity contribution is 7.15. The van der Waals surface area contributed by atoms with Crippen LogP contribution < -0.4 is 5.32 Å². The summed E-state index contributed by atoms with van der Waals surface area (Å²) >= 11 is 4.40. The third-order valence-corrected chi connectivity index (χ3v) is 4.58. The molecule has 0 radical (unpaired) electrons. The van der Waals surface area contributed by atoms with Gasteiger partial charge >= 0.3 is 0 Å². The van der Waals surface area contributed by atoms with E-state index in [9.17, 15) is 4.79 Å². The maximum absolute atomic E-state index is 12.0. The van der Waals surface area contributed by atoms with E-state index in [1.54, 1.807) is 16.7 Å². The van der Waals surface area contributed by atoms with Crippen molar-refractivity contribution in [1.29, 1.82) is 0 Å². The molecule has 19 heavy (non-hydrogen) atoms. The predicted molar refractivity (Wildman–Crippen MR) is 78.0 cm³/mol. The lowest BCUT2D eigenvalue weighted by Crippen LogP contribution is -2.12. The van der Waals surface area contributed by atoms with E-state index in [4.69, 9.17) is 0 Å². The van der Waals surface area contributed by atoms with Crippen molar-refractivity contribution >= 4 is 45.0 Å². The van der Waals surface area contributed by atoms with Gasteiger partial charge in [-0.25, -0.2) is 4.98 Å². The molecule has 0 bridgehead atoms. The molecule has 0 aromatic carbocycles. The van der Waals surface area contributed by atoms with Crippen molar-refractivity contribution in [3.8, 4) is 10.6 Å². The molecule has 3 rings (SSSR count). The maximum Gasteiger partial charge on any atom is 0.276 e. The second-order valence-corrected chi connectivity index (χ2v) is 6.45. The number of hydrogen-bond donors (Lipinski definition) is 1. The van der Waals surface area contributed by atoms with Gasteiger partial charge in [0.1, 0.15) is 15.7 Å². The lowest BCUT2D eigenvalue weighted by molar-refractivity contribution is 0.102. The summed E-state index contributed by atoms with van der Waals surface area (Å²) in [5, 5.41) is 18.3. The van der Waals surface area contributed by atoms with E-state index in [2.05, 4.69) is 20.5 Å². The van der Waals surface area contributed by atoms with Gasteiger partial charge in [-0.2, -0.15) is 11.3 Å². The van der Waals surface area contributed by atoms with Gasteiger partial charge < -0.3 is 0 Å². The average molecular weight is 308 g/mol. The van der Waals surface area contributed by atoms with Gasteiger partial charge in [-0.3, -0.25) is 10.1 Å². The van der Waals surface area contributed by atoms with E-state index >= 15 is 0 Å². The van der Waals surface area contributed by atoms with Gasteiger partial charge in [0.2, 0.25) is 5.13 Å². The molecule has 0 aliphatic carbocycles. The molecular formula is C11H8N4OS3. The van der Waals surface area contributed by atoms with Crippen LogP contribution >= 0.6 is 34.0 Å². The van der Waals surface area contributed by atoms with Gasteiger partial charge in [0.25, 0.3) is 5.91 Å². The first-order valence-corrected chi connectivity index (χ1v) is 7.96. The minimum Gasteiger partial charge on any atom is -0.295 e. The summed E-state index contributed by atoms with van der Waals surface area (Å²) in [5.41, 5.74) is 1.44. The normalized spacial score (nSPS) is 10.6. The van der Waals surface area contributed by atoms with Crippen molar-refractivity contribution in [2.24, 2.45) is 0 Å². The van der Waals surface area contributed by atoms with Crippen LogP contribution in [0.5, 0.6) is 0 Å². The van der Waals surface area contributed by atoms with Crippen LogP contribution in [0.25, 0.3) is 10.6 Å². The number of nitrogens with one attached hydrogen (secondary N) is 1. The van der Waals surface area contributed by atoms with E-state index in [-0.39, 0.29) is 5.91 Å². The Bertz CT molecular complexity index is 701. The Morgan fingerprint density at radius 3 is 2.89 bits per heavy atom. The Hall–Kier alpha value is -1.64. The Morgan fingerprint density at radius 1 is 1.32 bits per heavy atom. The van der Waals surface area contributed by atoms with Gasteiger partial charge in [0.15, 0.2) is 0 Å². The second-order valence-electron chi connectivity index (χ2n) is 3.63. The van der Waals surface area contributed by atoms with Crippen LogP contribution in [0.3, 0.4) is 0 Å². The van der Waals surface area contributed by atoms with Gasteiger partial charge in [0.05, 0.1) is 0 Å². The van der Waals surface area contributed by atoms with E-state index in [0.717, 1.165) is 15.6 Å². The highest BCUT2D eigenvalue weighted by atomic mass is 32.1.